The van der Waals surface area contributed by atoms with Gasteiger partial charge < -0.3 is 5.73 Å². The molecule has 0 spiro atoms. The van der Waals surface area contributed by atoms with Gasteiger partial charge in [0.05, 0.1) is 0 Å². The van der Waals surface area contributed by atoms with Crippen LogP contribution in [0.2, 0.25) is 0 Å². The van der Waals surface area contributed by atoms with Crippen LogP contribution in [-0.4, -0.2) is 29.1 Å². The molecule has 1 aliphatic heterocycles. The second-order valence-electron chi connectivity index (χ2n) is 5.43. The third kappa shape index (κ3) is 2.43. The van der Waals surface area contributed by atoms with Crippen LogP contribution in [0.3, 0.4) is 0 Å². The highest BCUT2D eigenvalue weighted by atomic mass is 15.3. The normalized spacial score (nSPS) is 30.6. The molecule has 3 unspecified atom stereocenters. The monoisotopic (exact) mass is 226 g/mol. The van der Waals surface area contributed by atoms with Gasteiger partial charge in [0.1, 0.15) is 0 Å². The smallest absolute Gasteiger partial charge is 0.0334 e. The first kappa shape index (κ1) is 14.0. The average molecular weight is 226 g/mol. The van der Waals surface area contributed by atoms with E-state index < -0.39 is 0 Å². The molecule has 0 aliphatic carbocycles. The summed E-state index contributed by atoms with van der Waals surface area (Å²) in [6, 6.07) is 1.49. The fourth-order valence-corrected chi connectivity index (χ4v) is 3.63. The molecule has 0 aromatic carbocycles. The number of nitrogens with zero attached hydrogens (tertiary/aromatic N) is 1. The lowest BCUT2D eigenvalue weighted by Crippen LogP contribution is -2.57. The van der Waals surface area contributed by atoms with Gasteiger partial charge >= 0.3 is 0 Å². The minimum Gasteiger partial charge on any atom is -0.329 e. The van der Waals surface area contributed by atoms with E-state index in [-0.39, 0.29) is 5.54 Å². The Labute approximate surface area is 102 Å². The topological polar surface area (TPSA) is 29.3 Å². The van der Waals surface area contributed by atoms with Crippen molar-refractivity contribution in [1.29, 1.82) is 0 Å². The maximum atomic E-state index is 6.12. The lowest BCUT2D eigenvalue weighted by molar-refractivity contribution is 0.0346. The van der Waals surface area contributed by atoms with Gasteiger partial charge in [0.25, 0.3) is 0 Å². The summed E-state index contributed by atoms with van der Waals surface area (Å²) in [5.74, 6) is 0. The molecule has 0 amide bonds. The third-order valence-electron chi connectivity index (χ3n) is 4.56. The average Bonchev–Trinajstić information content (AvgIpc) is 2.68. The molecule has 1 rings (SSSR count). The van der Waals surface area contributed by atoms with Crippen LogP contribution in [0.1, 0.15) is 66.2 Å². The Bertz CT molecular complexity index is 199. The molecule has 1 heterocycles. The van der Waals surface area contributed by atoms with Crippen molar-refractivity contribution in [2.24, 2.45) is 5.73 Å². The summed E-state index contributed by atoms with van der Waals surface area (Å²) in [7, 11) is 0. The number of hydrogen-bond donors (Lipinski definition) is 1. The minimum absolute atomic E-state index is 0.269. The van der Waals surface area contributed by atoms with Crippen LogP contribution >= 0.6 is 0 Å². The second-order valence-corrected chi connectivity index (χ2v) is 5.43. The van der Waals surface area contributed by atoms with Gasteiger partial charge in [-0.05, 0) is 39.0 Å². The van der Waals surface area contributed by atoms with Gasteiger partial charge in [-0.2, -0.15) is 0 Å². The zero-order chi connectivity index (χ0) is 12.2. The standard InChI is InChI=1S/C14H30N2/c1-5-10-14(7-3,11-15)16-12(4)8-9-13(16)6-2/h12-13H,5-11,15H2,1-4H3. The molecule has 2 heteroatoms. The molecule has 3 atom stereocenters. The van der Waals surface area contributed by atoms with Crippen molar-refractivity contribution in [3.63, 3.8) is 0 Å². The summed E-state index contributed by atoms with van der Waals surface area (Å²) >= 11 is 0. The first-order chi connectivity index (χ1) is 7.65. The van der Waals surface area contributed by atoms with Crippen LogP contribution in [0.25, 0.3) is 0 Å². The molecule has 1 saturated heterocycles. The van der Waals surface area contributed by atoms with Gasteiger partial charge in [-0.25, -0.2) is 0 Å². The van der Waals surface area contributed by atoms with E-state index in [1.807, 2.05) is 0 Å². The van der Waals surface area contributed by atoms with Crippen LogP contribution in [0.4, 0.5) is 0 Å². The zero-order valence-corrected chi connectivity index (χ0v) is 11.6. The van der Waals surface area contributed by atoms with Gasteiger partial charge in [0, 0.05) is 24.2 Å². The largest absolute Gasteiger partial charge is 0.329 e. The fourth-order valence-electron chi connectivity index (χ4n) is 3.63. The van der Waals surface area contributed by atoms with Gasteiger partial charge in [-0.3, -0.25) is 4.90 Å². The predicted octanol–water partition coefficient (Wildman–Crippen LogP) is 3.16. The summed E-state index contributed by atoms with van der Waals surface area (Å²) in [5.41, 5.74) is 6.39. The van der Waals surface area contributed by atoms with Crippen LogP contribution < -0.4 is 5.73 Å². The molecule has 0 bridgehead atoms. The van der Waals surface area contributed by atoms with Gasteiger partial charge in [0.2, 0.25) is 0 Å². The summed E-state index contributed by atoms with van der Waals surface area (Å²) < 4.78 is 0. The first-order valence-electron chi connectivity index (χ1n) is 7.13. The second kappa shape index (κ2) is 6.02. The lowest BCUT2D eigenvalue weighted by Gasteiger charge is -2.46. The van der Waals surface area contributed by atoms with Crippen LogP contribution in [0.15, 0.2) is 0 Å². The van der Waals surface area contributed by atoms with Crippen molar-refractivity contribution in [2.75, 3.05) is 6.54 Å². The Morgan fingerprint density at radius 2 is 1.94 bits per heavy atom. The maximum Gasteiger partial charge on any atom is 0.0334 e. The molecule has 0 radical (unpaired) electrons. The maximum absolute atomic E-state index is 6.12. The summed E-state index contributed by atoms with van der Waals surface area (Å²) in [6.45, 7) is 10.1. The predicted molar refractivity (Wildman–Crippen MR) is 71.6 cm³/mol. The van der Waals surface area contributed by atoms with Crippen molar-refractivity contribution in [1.82, 2.24) is 4.90 Å². The van der Waals surface area contributed by atoms with E-state index in [4.69, 9.17) is 5.73 Å². The Hall–Kier alpha value is -0.0800. The summed E-state index contributed by atoms with van der Waals surface area (Å²) in [5, 5.41) is 0. The van der Waals surface area contributed by atoms with E-state index in [1.165, 1.54) is 38.5 Å². The number of likely N-dealkylation sites (tertiary alicyclic amines) is 1. The highest BCUT2D eigenvalue weighted by Crippen LogP contribution is 2.37. The highest BCUT2D eigenvalue weighted by molar-refractivity contribution is 4.99. The molecule has 2 nitrogen and oxygen atoms in total. The molecular formula is C14H30N2. The Morgan fingerprint density at radius 3 is 2.38 bits per heavy atom. The first-order valence-corrected chi connectivity index (χ1v) is 7.13. The van der Waals surface area contributed by atoms with Crippen molar-refractivity contribution in [2.45, 2.75) is 83.8 Å². The number of hydrogen-bond acceptors (Lipinski definition) is 2. The fraction of sp³-hybridized carbons (Fsp3) is 1.00. The van der Waals surface area contributed by atoms with E-state index in [0.717, 1.165) is 18.6 Å². The molecule has 0 aromatic rings. The Morgan fingerprint density at radius 1 is 1.25 bits per heavy atom. The van der Waals surface area contributed by atoms with E-state index >= 15 is 0 Å². The third-order valence-corrected chi connectivity index (χ3v) is 4.56. The van der Waals surface area contributed by atoms with E-state index in [0.29, 0.717) is 0 Å². The quantitative estimate of drug-likeness (QED) is 0.754. The number of rotatable bonds is 6. The molecule has 96 valence electrons. The highest BCUT2D eigenvalue weighted by Gasteiger charge is 2.42. The van der Waals surface area contributed by atoms with E-state index in [2.05, 4.69) is 32.6 Å². The van der Waals surface area contributed by atoms with Gasteiger partial charge in [-0.1, -0.05) is 27.2 Å². The minimum atomic E-state index is 0.269. The van der Waals surface area contributed by atoms with Crippen molar-refractivity contribution in [3.05, 3.63) is 0 Å². The van der Waals surface area contributed by atoms with Crippen molar-refractivity contribution in [3.8, 4) is 0 Å². The SMILES string of the molecule is CCCC(CC)(CN)N1C(C)CCC1CC. The molecule has 0 aromatic heterocycles. The van der Waals surface area contributed by atoms with Gasteiger partial charge in [-0.15, -0.1) is 0 Å². The molecule has 16 heavy (non-hydrogen) atoms. The molecule has 2 N–H and O–H groups in total. The van der Waals surface area contributed by atoms with E-state index in [9.17, 15) is 0 Å². The van der Waals surface area contributed by atoms with Crippen LogP contribution in [0, 0.1) is 0 Å². The molecule has 1 aliphatic rings. The Balaban J connectivity index is 2.90. The molecule has 1 fully saturated rings. The summed E-state index contributed by atoms with van der Waals surface area (Å²) in [6.07, 6.45) is 7.67. The lowest BCUT2D eigenvalue weighted by atomic mass is 9.86. The van der Waals surface area contributed by atoms with Gasteiger partial charge in [0.15, 0.2) is 0 Å². The van der Waals surface area contributed by atoms with Crippen molar-refractivity contribution >= 4 is 0 Å². The zero-order valence-electron chi connectivity index (χ0n) is 11.6. The Kier molecular flexibility index (Phi) is 5.26. The van der Waals surface area contributed by atoms with Crippen LogP contribution in [0.5, 0.6) is 0 Å². The van der Waals surface area contributed by atoms with Crippen molar-refractivity contribution < 1.29 is 0 Å². The molecule has 0 saturated carbocycles. The van der Waals surface area contributed by atoms with Crippen LogP contribution in [-0.2, 0) is 0 Å². The van der Waals surface area contributed by atoms with E-state index in [1.54, 1.807) is 0 Å². The molecular weight excluding hydrogens is 196 g/mol. The summed E-state index contributed by atoms with van der Waals surface area (Å²) in [4.78, 5) is 2.76. The number of nitrogens with two attached hydrogens (primary N) is 1.